The van der Waals surface area contributed by atoms with Crippen LogP contribution in [0.15, 0.2) is 11.6 Å². The first-order chi connectivity index (χ1) is 10.2. The van der Waals surface area contributed by atoms with Gasteiger partial charge in [-0.25, -0.2) is 0 Å². The molecule has 3 unspecified atom stereocenters. The number of allylic oxidation sites excluding steroid dienone is 1. The third-order valence-corrected chi connectivity index (χ3v) is 5.73. The fourth-order valence-electron chi connectivity index (χ4n) is 4.53. The van der Waals surface area contributed by atoms with Crippen LogP contribution in [0, 0.1) is 17.3 Å². The lowest BCUT2D eigenvalue weighted by molar-refractivity contribution is -0.174. The van der Waals surface area contributed by atoms with Crippen molar-refractivity contribution >= 4 is 11.9 Å². The maximum atomic E-state index is 12.0. The van der Waals surface area contributed by atoms with Crippen molar-refractivity contribution in [3.63, 3.8) is 0 Å². The third-order valence-electron chi connectivity index (χ3n) is 5.73. The number of esters is 2. The largest absolute Gasteiger partial charge is 0.469 e. The van der Waals surface area contributed by atoms with Crippen molar-refractivity contribution in [1.29, 1.82) is 0 Å². The van der Waals surface area contributed by atoms with E-state index in [2.05, 4.69) is 19.9 Å². The first kappa shape index (κ1) is 17.0. The van der Waals surface area contributed by atoms with Crippen LogP contribution in [0.25, 0.3) is 0 Å². The molecule has 0 N–H and O–H groups in total. The Morgan fingerprint density at radius 3 is 2.59 bits per heavy atom. The third kappa shape index (κ3) is 2.92. The molecule has 124 valence electrons. The molecule has 0 aliphatic heterocycles. The van der Waals surface area contributed by atoms with Gasteiger partial charge in [0.25, 0.3) is 0 Å². The van der Waals surface area contributed by atoms with Crippen LogP contribution in [-0.2, 0) is 19.1 Å². The van der Waals surface area contributed by atoms with E-state index < -0.39 is 5.60 Å². The molecule has 2 aliphatic rings. The van der Waals surface area contributed by atoms with Crippen molar-refractivity contribution in [2.75, 3.05) is 7.11 Å². The second kappa shape index (κ2) is 6.05. The summed E-state index contributed by atoms with van der Waals surface area (Å²) in [5.41, 5.74) is 0.355. The minimum absolute atomic E-state index is 0.114. The van der Waals surface area contributed by atoms with Crippen LogP contribution in [0.2, 0.25) is 0 Å². The fraction of sp³-hybridized carbons (Fsp3) is 0.778. The predicted octanol–water partition coefficient (Wildman–Crippen LogP) is 3.64. The molecule has 0 aromatic heterocycles. The molecular formula is C18H28O4. The van der Waals surface area contributed by atoms with Crippen molar-refractivity contribution in [2.24, 2.45) is 17.3 Å². The zero-order valence-corrected chi connectivity index (χ0v) is 14.4. The number of hydrogen-bond donors (Lipinski definition) is 0. The zero-order valence-electron chi connectivity index (χ0n) is 14.4. The maximum absolute atomic E-state index is 12.0. The molecule has 4 nitrogen and oxygen atoms in total. The topological polar surface area (TPSA) is 52.6 Å². The number of ether oxygens (including phenoxy) is 2. The predicted molar refractivity (Wildman–Crippen MR) is 84.1 cm³/mol. The molecule has 3 atom stereocenters. The number of carbonyl (C=O) groups is 2. The molecule has 0 bridgehead atoms. The number of fused-ring (bicyclic) bond motifs is 1. The van der Waals surface area contributed by atoms with E-state index in [9.17, 15) is 9.59 Å². The van der Waals surface area contributed by atoms with E-state index in [4.69, 9.17) is 9.47 Å². The summed E-state index contributed by atoms with van der Waals surface area (Å²) in [7, 11) is 1.38. The lowest BCUT2D eigenvalue weighted by Crippen LogP contribution is -2.54. The average molecular weight is 308 g/mol. The van der Waals surface area contributed by atoms with Gasteiger partial charge in [-0.15, -0.1) is 0 Å². The Hall–Kier alpha value is -1.32. The summed E-state index contributed by atoms with van der Waals surface area (Å²) < 4.78 is 10.7. The summed E-state index contributed by atoms with van der Waals surface area (Å²) in [6.07, 6.45) is 6.53. The number of rotatable bonds is 3. The Morgan fingerprint density at radius 2 is 2.00 bits per heavy atom. The first-order valence-corrected chi connectivity index (χ1v) is 8.16. The highest BCUT2D eigenvalue weighted by Gasteiger charge is 2.55. The van der Waals surface area contributed by atoms with Crippen molar-refractivity contribution in [2.45, 2.75) is 65.4 Å². The average Bonchev–Trinajstić information content (AvgIpc) is 2.42. The van der Waals surface area contributed by atoms with Gasteiger partial charge in [0.05, 0.1) is 13.5 Å². The van der Waals surface area contributed by atoms with Crippen molar-refractivity contribution < 1.29 is 19.1 Å². The smallest absolute Gasteiger partial charge is 0.309 e. The van der Waals surface area contributed by atoms with Crippen LogP contribution >= 0.6 is 0 Å². The monoisotopic (exact) mass is 308 g/mol. The van der Waals surface area contributed by atoms with Crippen LogP contribution in [0.5, 0.6) is 0 Å². The van der Waals surface area contributed by atoms with E-state index in [0.717, 1.165) is 24.8 Å². The number of methoxy groups -OCH3 is 1. The second-order valence-electron chi connectivity index (χ2n) is 7.45. The number of hydrogen-bond acceptors (Lipinski definition) is 4. The molecule has 2 rings (SSSR count). The zero-order chi connectivity index (χ0) is 16.5. The summed E-state index contributed by atoms with van der Waals surface area (Å²) in [6.45, 7) is 7.97. The van der Waals surface area contributed by atoms with Gasteiger partial charge in [-0.1, -0.05) is 26.3 Å². The van der Waals surface area contributed by atoms with Crippen LogP contribution in [0.3, 0.4) is 0 Å². The minimum Gasteiger partial charge on any atom is -0.469 e. The van der Waals surface area contributed by atoms with Gasteiger partial charge < -0.3 is 9.47 Å². The van der Waals surface area contributed by atoms with E-state index in [-0.39, 0.29) is 29.7 Å². The van der Waals surface area contributed by atoms with Crippen LogP contribution in [-0.4, -0.2) is 24.6 Å². The van der Waals surface area contributed by atoms with Crippen LogP contribution in [0.1, 0.15) is 59.8 Å². The summed E-state index contributed by atoms with van der Waals surface area (Å²) in [6, 6.07) is 0. The van der Waals surface area contributed by atoms with Gasteiger partial charge in [0.15, 0.2) is 0 Å². The quantitative estimate of drug-likeness (QED) is 0.590. The van der Waals surface area contributed by atoms with Gasteiger partial charge in [0.2, 0.25) is 0 Å². The highest BCUT2D eigenvalue weighted by atomic mass is 16.6. The van der Waals surface area contributed by atoms with Gasteiger partial charge in [-0.2, -0.15) is 0 Å². The highest BCUT2D eigenvalue weighted by Crippen LogP contribution is 2.55. The molecule has 2 aliphatic carbocycles. The van der Waals surface area contributed by atoms with Gasteiger partial charge in [-0.3, -0.25) is 9.59 Å². The van der Waals surface area contributed by atoms with E-state index in [0.29, 0.717) is 5.92 Å². The molecule has 0 aromatic rings. The fourth-order valence-corrected chi connectivity index (χ4v) is 4.53. The van der Waals surface area contributed by atoms with E-state index >= 15 is 0 Å². The molecule has 4 heteroatoms. The molecular weight excluding hydrogens is 280 g/mol. The normalized spacial score (nSPS) is 33.4. The Morgan fingerprint density at radius 1 is 1.32 bits per heavy atom. The first-order valence-electron chi connectivity index (χ1n) is 8.16. The molecule has 0 spiro atoms. The molecule has 0 aromatic carbocycles. The standard InChI is InChI=1S/C18H28O4/c1-12-8-9-14-15(7-6-10-17(14,3)4)18(12,22-13(2)19)11-16(20)21-5/h8,14-15H,6-7,9-11H2,1-5H3. The van der Waals surface area contributed by atoms with Gasteiger partial charge >= 0.3 is 11.9 Å². The Kier molecular flexibility index (Phi) is 4.69. The molecule has 0 heterocycles. The second-order valence-corrected chi connectivity index (χ2v) is 7.45. The number of carbonyl (C=O) groups excluding carboxylic acids is 2. The maximum Gasteiger partial charge on any atom is 0.309 e. The Labute approximate surface area is 133 Å². The van der Waals surface area contributed by atoms with Gasteiger partial charge in [-0.05, 0) is 43.1 Å². The lowest BCUT2D eigenvalue weighted by atomic mass is 9.54. The summed E-state index contributed by atoms with van der Waals surface area (Å²) in [5.74, 6) is -0.0445. The van der Waals surface area contributed by atoms with Gasteiger partial charge in [0.1, 0.15) is 5.60 Å². The van der Waals surface area contributed by atoms with Crippen molar-refractivity contribution in [3.8, 4) is 0 Å². The van der Waals surface area contributed by atoms with E-state index in [1.165, 1.54) is 20.5 Å². The molecule has 0 saturated heterocycles. The van der Waals surface area contributed by atoms with E-state index in [1.807, 2.05) is 6.92 Å². The van der Waals surface area contributed by atoms with Crippen molar-refractivity contribution in [1.82, 2.24) is 0 Å². The minimum atomic E-state index is -0.834. The van der Waals surface area contributed by atoms with Crippen LogP contribution in [0.4, 0.5) is 0 Å². The SMILES string of the molecule is COC(=O)CC1(OC(C)=O)C(C)=CCC2C1CCCC2(C)C. The highest BCUT2D eigenvalue weighted by molar-refractivity contribution is 5.74. The van der Waals surface area contributed by atoms with E-state index in [1.54, 1.807) is 0 Å². The summed E-state index contributed by atoms with van der Waals surface area (Å²) in [5, 5.41) is 0. The molecule has 22 heavy (non-hydrogen) atoms. The van der Waals surface area contributed by atoms with Crippen molar-refractivity contribution in [3.05, 3.63) is 11.6 Å². The summed E-state index contributed by atoms with van der Waals surface area (Å²) >= 11 is 0. The molecule has 1 saturated carbocycles. The Bertz CT molecular complexity index is 491. The molecule has 0 radical (unpaired) electrons. The lowest BCUT2D eigenvalue weighted by Gasteiger charge is -2.54. The molecule has 0 amide bonds. The summed E-state index contributed by atoms with van der Waals surface area (Å²) in [4.78, 5) is 23.8. The Balaban J connectivity index is 2.47. The van der Waals surface area contributed by atoms with Gasteiger partial charge in [0, 0.05) is 12.8 Å². The molecule has 1 fully saturated rings. The van der Waals surface area contributed by atoms with Crippen LogP contribution < -0.4 is 0 Å².